The zero-order chi connectivity index (χ0) is 51.2. The smallest absolute Gasteiger partial charge is 0.0462 e. The Hall–Kier alpha value is -8.28. The van der Waals surface area contributed by atoms with Gasteiger partial charge in [-0.25, -0.2) is 0 Å². The first-order valence-electron chi connectivity index (χ1n) is 26.4. The van der Waals surface area contributed by atoms with Crippen molar-refractivity contribution in [2.24, 2.45) is 11.8 Å². The summed E-state index contributed by atoms with van der Waals surface area (Å²) in [6.07, 6.45) is 47.7. The van der Waals surface area contributed by atoms with Crippen molar-refractivity contribution in [2.45, 2.75) is 25.7 Å². The molecule has 0 aromatic heterocycles. The number of para-hydroxylation sites is 3. The molecular weight excluding hydrogens is 957 g/mol. The molecule has 0 N–H and O–H groups in total. The van der Waals surface area contributed by atoms with Crippen molar-refractivity contribution >= 4 is 75.4 Å². The monoisotopic (exact) mass is 1010 g/mol. The second-order valence-electron chi connectivity index (χ2n) is 19.8. The molecule has 0 saturated heterocycles. The van der Waals surface area contributed by atoms with E-state index in [0.717, 1.165) is 57.4 Å². The molecule has 5 aliphatic carbocycles. The minimum absolute atomic E-state index is 0.545. The second kappa shape index (κ2) is 22.3. The molecule has 1 saturated carbocycles. The maximum atomic E-state index is 5.18. The Morgan fingerprint density at radius 2 is 1.22 bits per heavy atom. The summed E-state index contributed by atoms with van der Waals surface area (Å²) in [6.45, 7) is 0. The summed E-state index contributed by atoms with van der Waals surface area (Å²) in [5.74, 6) is 1.17. The predicted octanol–water partition coefficient (Wildman–Crippen LogP) is 19.9. The van der Waals surface area contributed by atoms with Crippen molar-refractivity contribution in [2.75, 3.05) is 9.80 Å². The van der Waals surface area contributed by atoms with Crippen LogP contribution in [0, 0.1) is 11.8 Å². The minimum Gasteiger partial charge on any atom is -0.314 e. The number of hydrogen-bond acceptors (Lipinski definition) is 4. The van der Waals surface area contributed by atoms with Gasteiger partial charge in [0.1, 0.15) is 0 Å². The Bertz CT molecular complexity index is 3700. The Kier molecular flexibility index (Phi) is 14.3. The zero-order valence-corrected chi connectivity index (χ0v) is 44.1. The summed E-state index contributed by atoms with van der Waals surface area (Å²) < 4.78 is 0. The summed E-state index contributed by atoms with van der Waals surface area (Å²) in [6, 6.07) is 57.4. The molecule has 2 atom stereocenters. The molecule has 5 aliphatic rings. The van der Waals surface area contributed by atoms with E-state index < -0.39 is 0 Å². The van der Waals surface area contributed by atoms with Gasteiger partial charge in [0, 0.05) is 49.9 Å². The van der Waals surface area contributed by atoms with Crippen LogP contribution in [0.2, 0.25) is 0 Å². The third-order valence-electron chi connectivity index (χ3n) is 14.9. The van der Waals surface area contributed by atoms with Crippen LogP contribution in [0.25, 0.3) is 44.0 Å². The number of nitrogens with zero attached hydrogens (tertiary/aromatic N) is 2. The number of fused-ring (bicyclic) bond motifs is 4. The van der Waals surface area contributed by atoms with Crippen molar-refractivity contribution in [1.29, 1.82) is 0 Å². The number of hydrogen-bond donors (Lipinski definition) is 2. The summed E-state index contributed by atoms with van der Waals surface area (Å²) in [5.41, 5.74) is 19.3. The van der Waals surface area contributed by atoms with Crippen molar-refractivity contribution in [1.82, 2.24) is 0 Å². The first-order valence-corrected chi connectivity index (χ1v) is 27.3. The largest absolute Gasteiger partial charge is 0.314 e. The van der Waals surface area contributed by atoms with Gasteiger partial charge in [-0.15, -0.1) is 25.3 Å². The number of rotatable bonds is 13. The standard InChI is InChI=1S/C72H58N2S2/c75-63(32-17-21-51-20-16-24-52-22-6-1-7-23-55(52)48-51)33-19-37-70(76)57-42-47-66-68(50-57)72(54-40-45-62(46-41-54)74(60-30-12-4-13-31-60)69-36-18-25-56-49-67(56)69)65-35-15-5-14-34-64(65)71(66)53-38-43-61(44-39-53)73(58-26-8-2-9-27-58)59-28-10-3-11-29-59/h1-5,7-33,35-47,50,56,67,75-76H,6,34,48-49H2/b21-17+,33-19+,63-32-,70-37-. The molecule has 0 amide bonds. The van der Waals surface area contributed by atoms with Crippen molar-refractivity contribution in [3.63, 3.8) is 0 Å². The van der Waals surface area contributed by atoms with Crippen molar-refractivity contribution in [3.05, 3.63) is 317 Å². The van der Waals surface area contributed by atoms with E-state index in [2.05, 4.69) is 271 Å². The van der Waals surface area contributed by atoms with Crippen molar-refractivity contribution in [3.8, 4) is 22.3 Å². The molecule has 0 heterocycles. The molecule has 4 heteroatoms. The van der Waals surface area contributed by atoms with Crippen molar-refractivity contribution < 1.29 is 0 Å². The van der Waals surface area contributed by atoms with Gasteiger partial charge in [0.25, 0.3) is 0 Å². The number of allylic oxidation sites excluding steroid dienone is 23. The third kappa shape index (κ3) is 10.4. The Morgan fingerprint density at radius 3 is 1.95 bits per heavy atom. The van der Waals surface area contributed by atoms with Crippen LogP contribution in [-0.2, 0) is 6.42 Å². The van der Waals surface area contributed by atoms with E-state index in [1.807, 2.05) is 18.2 Å². The van der Waals surface area contributed by atoms with Gasteiger partial charge < -0.3 is 9.80 Å². The maximum Gasteiger partial charge on any atom is 0.0462 e. The lowest BCUT2D eigenvalue weighted by atomic mass is 9.82. The third-order valence-corrected chi connectivity index (χ3v) is 15.6. The summed E-state index contributed by atoms with van der Waals surface area (Å²) >= 11 is 10.0. The zero-order valence-electron chi connectivity index (χ0n) is 42.3. The lowest BCUT2D eigenvalue weighted by Gasteiger charge is -2.29. The topological polar surface area (TPSA) is 6.48 Å². The normalized spacial score (nSPS) is 17.8. The highest BCUT2D eigenvalue weighted by Gasteiger charge is 2.42. The first kappa shape index (κ1) is 48.6. The predicted molar refractivity (Wildman–Crippen MR) is 333 cm³/mol. The molecule has 0 spiro atoms. The van der Waals surface area contributed by atoms with E-state index >= 15 is 0 Å². The van der Waals surface area contributed by atoms with Gasteiger partial charge in [-0.2, -0.15) is 0 Å². The van der Waals surface area contributed by atoms with E-state index in [-0.39, 0.29) is 0 Å². The van der Waals surface area contributed by atoms with E-state index in [1.165, 1.54) is 78.7 Å². The highest BCUT2D eigenvalue weighted by molar-refractivity contribution is 7.90. The van der Waals surface area contributed by atoms with E-state index in [1.54, 1.807) is 0 Å². The van der Waals surface area contributed by atoms with Crippen LogP contribution in [0.4, 0.5) is 28.4 Å². The molecule has 1 fully saturated rings. The average molecular weight is 1020 g/mol. The Labute approximate surface area is 459 Å². The lowest BCUT2D eigenvalue weighted by Crippen LogP contribution is -2.19. The van der Waals surface area contributed by atoms with Crippen LogP contribution < -0.4 is 9.80 Å². The fourth-order valence-electron chi connectivity index (χ4n) is 11.1. The molecular formula is C72H58N2S2. The molecule has 368 valence electrons. The molecule has 76 heavy (non-hydrogen) atoms. The minimum atomic E-state index is 0.545. The highest BCUT2D eigenvalue weighted by atomic mass is 32.1. The molecule has 2 nitrogen and oxygen atoms in total. The van der Waals surface area contributed by atoms with Crippen LogP contribution in [0.5, 0.6) is 0 Å². The fraction of sp³-hybridized carbons (Fsp3) is 0.0833. The summed E-state index contributed by atoms with van der Waals surface area (Å²) in [7, 11) is 0. The van der Waals surface area contributed by atoms with Gasteiger partial charge in [-0.05, 0) is 189 Å². The van der Waals surface area contributed by atoms with Gasteiger partial charge in [0.15, 0.2) is 0 Å². The Balaban J connectivity index is 0.935. The molecule has 7 aromatic rings. The fourth-order valence-corrected chi connectivity index (χ4v) is 11.5. The van der Waals surface area contributed by atoms with Gasteiger partial charge in [0.05, 0.1) is 0 Å². The molecule has 7 aromatic carbocycles. The quantitative estimate of drug-likeness (QED) is 0.0878. The van der Waals surface area contributed by atoms with Crippen LogP contribution in [0.15, 0.2) is 300 Å². The van der Waals surface area contributed by atoms with Gasteiger partial charge in [-0.1, -0.05) is 188 Å². The number of thiol groups is 2. The molecule has 0 aliphatic heterocycles. The van der Waals surface area contributed by atoms with Crippen LogP contribution in [-0.4, -0.2) is 0 Å². The van der Waals surface area contributed by atoms with E-state index in [0.29, 0.717) is 11.8 Å². The van der Waals surface area contributed by atoms with Crippen LogP contribution >= 0.6 is 25.3 Å². The SMILES string of the molecule is SC(=C\C=C\C1=CC=CC2=CCC=CC=C2C1)/C=C/C=C(\S)c1ccc2c(-c3ccc(N(c4ccccc4)c4ccccc4)cc3)c3c(c(-c4ccc(N(C5=CC=CC6CC56)c5ccccc5)cc4)c2c1)C=CC=CC3. The maximum absolute atomic E-state index is 5.18. The van der Waals surface area contributed by atoms with E-state index in [4.69, 9.17) is 25.3 Å². The number of benzene rings is 7. The van der Waals surface area contributed by atoms with Gasteiger partial charge in [0.2, 0.25) is 0 Å². The lowest BCUT2D eigenvalue weighted by molar-refractivity contribution is 0.871. The number of anilines is 5. The highest BCUT2D eigenvalue weighted by Crippen LogP contribution is 2.52. The first-order chi connectivity index (χ1) is 37.5. The molecule has 0 radical (unpaired) electrons. The summed E-state index contributed by atoms with van der Waals surface area (Å²) in [5, 5.41) is 2.38. The van der Waals surface area contributed by atoms with E-state index in [9.17, 15) is 0 Å². The average Bonchev–Trinajstić information content (AvgIpc) is 4.40. The Morgan fingerprint density at radius 1 is 0.553 bits per heavy atom. The second-order valence-corrected chi connectivity index (χ2v) is 20.8. The molecule has 12 rings (SSSR count). The van der Waals surface area contributed by atoms with Crippen LogP contribution in [0.1, 0.15) is 36.0 Å². The molecule has 2 unspecified atom stereocenters. The van der Waals surface area contributed by atoms with Gasteiger partial charge in [-0.3, -0.25) is 0 Å². The van der Waals surface area contributed by atoms with Crippen LogP contribution in [0.3, 0.4) is 0 Å². The van der Waals surface area contributed by atoms with Gasteiger partial charge >= 0.3 is 0 Å². The molecule has 0 bridgehead atoms. The summed E-state index contributed by atoms with van der Waals surface area (Å²) in [4.78, 5) is 6.51.